The Labute approximate surface area is 102 Å². The van der Waals surface area contributed by atoms with Gasteiger partial charge in [-0.3, -0.25) is 0 Å². The van der Waals surface area contributed by atoms with Crippen molar-refractivity contribution in [2.45, 2.75) is 6.92 Å². The third kappa shape index (κ3) is 2.04. The number of carbonyl (C=O) groups is 1. The summed E-state index contributed by atoms with van der Waals surface area (Å²) in [6.07, 6.45) is 0. The number of hydrogen-bond donors (Lipinski definition) is 1. The summed E-state index contributed by atoms with van der Waals surface area (Å²) in [6.45, 7) is 1.68. The Hall–Kier alpha value is -2.37. The van der Waals surface area contributed by atoms with Crippen LogP contribution in [0.2, 0.25) is 0 Å². The summed E-state index contributed by atoms with van der Waals surface area (Å²) in [5, 5.41) is 12.1. The second-order valence-corrected chi connectivity index (χ2v) is 3.69. The maximum Gasteiger partial charge on any atom is 0.358 e. The molecule has 1 N–H and O–H groups in total. The molecule has 2 rings (SSSR count). The summed E-state index contributed by atoms with van der Waals surface area (Å²) < 4.78 is 23.4. The Morgan fingerprint density at radius 1 is 1.44 bits per heavy atom. The fourth-order valence-electron chi connectivity index (χ4n) is 1.64. The molecule has 1 aromatic heterocycles. The Bertz CT molecular complexity index is 583. The molecule has 0 radical (unpaired) electrons. The summed E-state index contributed by atoms with van der Waals surface area (Å²) in [5.74, 6) is -1.40. The van der Waals surface area contributed by atoms with Crippen molar-refractivity contribution in [2.24, 2.45) is 0 Å². The van der Waals surface area contributed by atoms with Gasteiger partial charge in [0.25, 0.3) is 0 Å². The molecule has 5 nitrogen and oxygen atoms in total. The maximum absolute atomic E-state index is 13.7. The number of benzene rings is 1. The van der Waals surface area contributed by atoms with Gasteiger partial charge in [-0.05, 0) is 24.6 Å². The molecule has 2 aromatic rings. The SMILES string of the molecule is COc1c(C)cc(-c2cc(C(=O)O)no2)cc1F. The predicted molar refractivity (Wildman–Crippen MR) is 60.1 cm³/mol. The van der Waals surface area contributed by atoms with Gasteiger partial charge in [0.15, 0.2) is 23.0 Å². The van der Waals surface area contributed by atoms with Gasteiger partial charge in [0.2, 0.25) is 0 Å². The Morgan fingerprint density at radius 3 is 2.67 bits per heavy atom. The lowest BCUT2D eigenvalue weighted by Gasteiger charge is -2.07. The molecule has 0 saturated carbocycles. The Morgan fingerprint density at radius 2 is 2.17 bits per heavy atom. The van der Waals surface area contributed by atoms with Crippen LogP contribution in [0.15, 0.2) is 22.7 Å². The third-order valence-corrected chi connectivity index (χ3v) is 2.45. The molecule has 0 unspecified atom stereocenters. The molecule has 0 aliphatic carbocycles. The second-order valence-electron chi connectivity index (χ2n) is 3.69. The summed E-state index contributed by atoms with van der Waals surface area (Å²) in [6, 6.07) is 4.08. The summed E-state index contributed by atoms with van der Waals surface area (Å²) in [4.78, 5) is 10.7. The molecule has 94 valence electrons. The van der Waals surface area contributed by atoms with Gasteiger partial charge in [0.1, 0.15) is 0 Å². The van der Waals surface area contributed by atoms with Gasteiger partial charge in [-0.1, -0.05) is 5.16 Å². The van der Waals surface area contributed by atoms with Crippen LogP contribution in [0.1, 0.15) is 16.1 Å². The van der Waals surface area contributed by atoms with Crippen molar-refractivity contribution in [3.63, 3.8) is 0 Å². The van der Waals surface area contributed by atoms with Gasteiger partial charge in [-0.25, -0.2) is 9.18 Å². The van der Waals surface area contributed by atoms with Gasteiger partial charge in [0, 0.05) is 11.6 Å². The number of hydrogen-bond acceptors (Lipinski definition) is 4. The van der Waals surface area contributed by atoms with Crippen LogP contribution in [0.5, 0.6) is 5.75 Å². The number of carboxylic acid groups (broad SMARTS) is 1. The van der Waals surface area contributed by atoms with Crippen LogP contribution in [-0.4, -0.2) is 23.3 Å². The van der Waals surface area contributed by atoms with Crippen molar-refractivity contribution in [3.05, 3.63) is 35.3 Å². The van der Waals surface area contributed by atoms with Crippen LogP contribution in [0.4, 0.5) is 4.39 Å². The highest BCUT2D eigenvalue weighted by atomic mass is 19.1. The van der Waals surface area contributed by atoms with Crippen LogP contribution < -0.4 is 4.74 Å². The molecular weight excluding hydrogens is 241 g/mol. The number of halogens is 1. The molecule has 18 heavy (non-hydrogen) atoms. The van der Waals surface area contributed by atoms with E-state index in [-0.39, 0.29) is 17.2 Å². The zero-order valence-corrected chi connectivity index (χ0v) is 9.73. The molecule has 1 aromatic carbocycles. The average Bonchev–Trinajstić information content (AvgIpc) is 2.77. The molecule has 6 heteroatoms. The lowest BCUT2D eigenvalue weighted by atomic mass is 10.1. The summed E-state index contributed by atoms with van der Waals surface area (Å²) in [5.41, 5.74) is 0.769. The van der Waals surface area contributed by atoms with E-state index >= 15 is 0 Å². The molecule has 0 spiro atoms. The van der Waals surface area contributed by atoms with Gasteiger partial charge in [-0.15, -0.1) is 0 Å². The number of aromatic carboxylic acids is 1. The molecule has 0 aliphatic rings. The van der Waals surface area contributed by atoms with E-state index in [1.165, 1.54) is 19.2 Å². The van der Waals surface area contributed by atoms with E-state index in [1.807, 2.05) is 0 Å². The first kappa shape index (κ1) is 12.1. The first-order chi connectivity index (χ1) is 8.52. The maximum atomic E-state index is 13.7. The molecule has 0 aliphatic heterocycles. The minimum atomic E-state index is -1.20. The molecule has 0 fully saturated rings. The minimum absolute atomic E-state index is 0.150. The fraction of sp³-hybridized carbons (Fsp3) is 0.167. The van der Waals surface area contributed by atoms with E-state index in [0.29, 0.717) is 11.1 Å². The van der Waals surface area contributed by atoms with Crippen molar-refractivity contribution in [1.29, 1.82) is 0 Å². The van der Waals surface area contributed by atoms with Gasteiger partial charge < -0.3 is 14.4 Å². The van der Waals surface area contributed by atoms with Gasteiger partial charge >= 0.3 is 5.97 Å². The van der Waals surface area contributed by atoms with E-state index in [1.54, 1.807) is 13.0 Å². The first-order valence-corrected chi connectivity index (χ1v) is 5.07. The molecule has 0 bridgehead atoms. The zero-order chi connectivity index (χ0) is 13.3. The summed E-state index contributed by atoms with van der Waals surface area (Å²) >= 11 is 0. The van der Waals surface area contributed by atoms with Crippen LogP contribution in [-0.2, 0) is 0 Å². The number of rotatable bonds is 3. The van der Waals surface area contributed by atoms with Crippen molar-refractivity contribution in [1.82, 2.24) is 5.16 Å². The van der Waals surface area contributed by atoms with Gasteiger partial charge in [0.05, 0.1) is 7.11 Å². The van der Waals surface area contributed by atoms with Crippen molar-refractivity contribution in [2.75, 3.05) is 7.11 Å². The lowest BCUT2D eigenvalue weighted by Crippen LogP contribution is -1.94. The highest BCUT2D eigenvalue weighted by Gasteiger charge is 2.15. The highest BCUT2D eigenvalue weighted by molar-refractivity contribution is 5.86. The third-order valence-electron chi connectivity index (χ3n) is 2.45. The quantitative estimate of drug-likeness (QED) is 0.907. The molecule has 0 amide bonds. The van der Waals surface area contributed by atoms with Crippen molar-refractivity contribution in [3.8, 4) is 17.1 Å². The van der Waals surface area contributed by atoms with Gasteiger partial charge in [-0.2, -0.15) is 0 Å². The molecule has 0 atom stereocenters. The molecule has 0 saturated heterocycles. The number of nitrogens with zero attached hydrogens (tertiary/aromatic N) is 1. The number of aryl methyl sites for hydroxylation is 1. The van der Waals surface area contributed by atoms with Crippen LogP contribution in [0.3, 0.4) is 0 Å². The molecule has 1 heterocycles. The van der Waals surface area contributed by atoms with E-state index in [4.69, 9.17) is 14.4 Å². The van der Waals surface area contributed by atoms with E-state index in [0.717, 1.165) is 0 Å². The number of ether oxygens (including phenoxy) is 1. The van der Waals surface area contributed by atoms with E-state index < -0.39 is 11.8 Å². The van der Waals surface area contributed by atoms with Crippen LogP contribution in [0.25, 0.3) is 11.3 Å². The molecular formula is C12H10FNO4. The number of aromatic nitrogens is 1. The van der Waals surface area contributed by atoms with Crippen LogP contribution in [0, 0.1) is 12.7 Å². The normalized spacial score (nSPS) is 10.4. The monoisotopic (exact) mass is 251 g/mol. The summed E-state index contributed by atoms with van der Waals surface area (Å²) in [7, 11) is 1.38. The Kier molecular flexibility index (Phi) is 3.01. The largest absolute Gasteiger partial charge is 0.493 e. The second kappa shape index (κ2) is 4.48. The van der Waals surface area contributed by atoms with E-state index in [2.05, 4.69) is 5.16 Å². The smallest absolute Gasteiger partial charge is 0.358 e. The topological polar surface area (TPSA) is 72.6 Å². The highest BCUT2D eigenvalue weighted by Crippen LogP contribution is 2.29. The van der Waals surface area contributed by atoms with Crippen LogP contribution >= 0.6 is 0 Å². The van der Waals surface area contributed by atoms with Crippen molar-refractivity contribution < 1.29 is 23.6 Å². The van der Waals surface area contributed by atoms with E-state index in [9.17, 15) is 9.18 Å². The first-order valence-electron chi connectivity index (χ1n) is 5.07. The Balaban J connectivity index is 2.47. The average molecular weight is 251 g/mol. The fourth-order valence-corrected chi connectivity index (χ4v) is 1.64. The standard InChI is InChI=1S/C12H10FNO4/c1-6-3-7(4-8(13)11(6)17-2)10-5-9(12(15)16)14-18-10/h3-5H,1-2H3,(H,15,16). The van der Waals surface area contributed by atoms with Crippen molar-refractivity contribution >= 4 is 5.97 Å². The number of methoxy groups -OCH3 is 1. The zero-order valence-electron chi connectivity index (χ0n) is 9.73. The minimum Gasteiger partial charge on any atom is -0.493 e. The number of carboxylic acids is 1. The lowest BCUT2D eigenvalue weighted by molar-refractivity contribution is 0.0686. The predicted octanol–water partition coefficient (Wildman–Crippen LogP) is 2.50.